The molecule has 0 fully saturated rings. The van der Waals surface area contributed by atoms with Crippen LogP contribution < -0.4 is 11.3 Å². The number of nitrogens with zero attached hydrogens (tertiary/aromatic N) is 2. The predicted molar refractivity (Wildman–Crippen MR) is 63.1 cm³/mol. The van der Waals surface area contributed by atoms with Gasteiger partial charge in [0.25, 0.3) is 11.5 Å². The molecule has 86 valence electrons. The van der Waals surface area contributed by atoms with Crippen LogP contribution in [0.25, 0.3) is 5.69 Å². The van der Waals surface area contributed by atoms with Crippen LogP contribution in [0.3, 0.4) is 0 Å². The maximum atomic E-state index is 11.9. The van der Waals surface area contributed by atoms with Crippen molar-refractivity contribution < 1.29 is 4.79 Å². The summed E-state index contributed by atoms with van der Waals surface area (Å²) in [6, 6.07) is 8.55. The monoisotopic (exact) mass is 229 g/mol. The number of carbonyl (C=O) groups excluding carboxylic acids is 1. The quantitative estimate of drug-likeness (QED) is 0.820. The van der Waals surface area contributed by atoms with Crippen molar-refractivity contribution >= 4 is 5.91 Å². The van der Waals surface area contributed by atoms with E-state index in [1.165, 1.54) is 12.3 Å². The number of carbonyl (C=O) groups is 1. The summed E-state index contributed by atoms with van der Waals surface area (Å²) in [5, 5.41) is 3.92. The normalized spacial score (nSPS) is 10.2. The van der Waals surface area contributed by atoms with Crippen LogP contribution in [0.15, 0.2) is 41.3 Å². The van der Waals surface area contributed by atoms with Crippen LogP contribution in [0.4, 0.5) is 0 Å². The average molecular weight is 229 g/mol. The minimum atomic E-state index is -0.752. The van der Waals surface area contributed by atoms with Crippen LogP contribution >= 0.6 is 0 Å². The highest BCUT2D eigenvalue weighted by Crippen LogP contribution is 2.05. The Hall–Kier alpha value is -2.43. The van der Waals surface area contributed by atoms with Gasteiger partial charge < -0.3 is 5.73 Å². The van der Waals surface area contributed by atoms with Gasteiger partial charge in [0.2, 0.25) is 0 Å². The Bertz CT molecular complexity index is 614. The van der Waals surface area contributed by atoms with Gasteiger partial charge in [-0.05, 0) is 25.1 Å². The van der Waals surface area contributed by atoms with Gasteiger partial charge >= 0.3 is 0 Å². The first-order valence-electron chi connectivity index (χ1n) is 5.05. The van der Waals surface area contributed by atoms with Gasteiger partial charge in [-0.15, -0.1) is 0 Å². The van der Waals surface area contributed by atoms with Crippen molar-refractivity contribution in [3.05, 3.63) is 58.0 Å². The third kappa shape index (κ3) is 2.08. The lowest BCUT2D eigenvalue weighted by Gasteiger charge is -2.05. The molecule has 0 atom stereocenters. The lowest BCUT2D eigenvalue weighted by Crippen LogP contribution is -2.29. The molecule has 2 aromatic rings. The molecule has 0 unspecified atom stereocenters. The summed E-state index contributed by atoms with van der Waals surface area (Å²) < 4.78 is 1.15. The summed E-state index contributed by atoms with van der Waals surface area (Å²) >= 11 is 0. The summed E-state index contributed by atoms with van der Waals surface area (Å²) in [6.45, 7) is 1.94. The van der Waals surface area contributed by atoms with E-state index in [1.54, 1.807) is 12.1 Å². The van der Waals surface area contributed by atoms with Gasteiger partial charge in [0.1, 0.15) is 5.56 Å². The van der Waals surface area contributed by atoms with Crippen LogP contribution in [0.1, 0.15) is 15.9 Å². The molecule has 17 heavy (non-hydrogen) atoms. The fraction of sp³-hybridized carbons (Fsp3) is 0.0833. The Kier molecular flexibility index (Phi) is 2.74. The van der Waals surface area contributed by atoms with Crippen molar-refractivity contribution in [3.8, 4) is 5.69 Å². The third-order valence-corrected chi connectivity index (χ3v) is 2.39. The number of hydrogen-bond acceptors (Lipinski definition) is 3. The molecular formula is C12H11N3O2. The van der Waals surface area contributed by atoms with E-state index in [1.807, 2.05) is 19.1 Å². The van der Waals surface area contributed by atoms with Crippen LogP contribution in [0.5, 0.6) is 0 Å². The van der Waals surface area contributed by atoms with Gasteiger partial charge in [0.15, 0.2) is 0 Å². The Balaban J connectivity index is 2.61. The van der Waals surface area contributed by atoms with Gasteiger partial charge in [0.05, 0.1) is 5.69 Å². The minimum Gasteiger partial charge on any atom is -0.365 e. The smallest absolute Gasteiger partial charge is 0.284 e. The Morgan fingerprint density at radius 2 is 1.88 bits per heavy atom. The summed E-state index contributed by atoms with van der Waals surface area (Å²) in [6.07, 6.45) is 1.38. The molecule has 0 saturated heterocycles. The lowest BCUT2D eigenvalue weighted by molar-refractivity contribution is 0.0998. The standard InChI is InChI=1S/C12H11N3O2/c1-8-2-4-9(5-3-8)15-12(17)10(11(13)16)6-7-14-15/h2-7H,1H3,(H2,13,16). The van der Waals surface area contributed by atoms with Crippen molar-refractivity contribution in [3.63, 3.8) is 0 Å². The van der Waals surface area contributed by atoms with Crippen LogP contribution in [-0.2, 0) is 0 Å². The van der Waals surface area contributed by atoms with Gasteiger partial charge in [-0.2, -0.15) is 9.78 Å². The highest BCUT2D eigenvalue weighted by Gasteiger charge is 2.10. The summed E-state index contributed by atoms with van der Waals surface area (Å²) in [5.74, 6) is -0.752. The largest absolute Gasteiger partial charge is 0.365 e. The fourth-order valence-corrected chi connectivity index (χ4v) is 1.47. The van der Waals surface area contributed by atoms with E-state index in [-0.39, 0.29) is 5.56 Å². The van der Waals surface area contributed by atoms with E-state index < -0.39 is 11.5 Å². The molecule has 1 aromatic carbocycles. The van der Waals surface area contributed by atoms with Crippen molar-refractivity contribution in [2.75, 3.05) is 0 Å². The second kappa shape index (κ2) is 4.21. The Labute approximate surface area is 97.5 Å². The molecule has 2 rings (SSSR count). The van der Waals surface area contributed by atoms with E-state index in [4.69, 9.17) is 5.73 Å². The van der Waals surface area contributed by atoms with Crippen LogP contribution in [-0.4, -0.2) is 15.7 Å². The molecule has 1 amide bonds. The molecule has 0 spiro atoms. The van der Waals surface area contributed by atoms with E-state index in [0.29, 0.717) is 5.69 Å². The minimum absolute atomic E-state index is 0.0689. The zero-order chi connectivity index (χ0) is 12.4. The second-order valence-corrected chi connectivity index (χ2v) is 3.66. The first-order chi connectivity index (χ1) is 8.09. The first kappa shape index (κ1) is 11.1. The SMILES string of the molecule is Cc1ccc(-n2nccc(C(N)=O)c2=O)cc1. The van der Waals surface area contributed by atoms with Crippen LogP contribution in [0, 0.1) is 6.92 Å². The van der Waals surface area contributed by atoms with Crippen LogP contribution in [0.2, 0.25) is 0 Å². The molecule has 0 bridgehead atoms. The van der Waals surface area contributed by atoms with Crippen molar-refractivity contribution in [2.45, 2.75) is 6.92 Å². The summed E-state index contributed by atoms with van der Waals surface area (Å²) in [4.78, 5) is 22.9. The van der Waals surface area contributed by atoms with Gasteiger partial charge in [0, 0.05) is 6.20 Å². The molecular weight excluding hydrogens is 218 g/mol. The molecule has 1 heterocycles. The lowest BCUT2D eigenvalue weighted by atomic mass is 10.2. The number of benzene rings is 1. The molecule has 2 N–H and O–H groups in total. The molecule has 0 saturated carbocycles. The molecule has 5 nitrogen and oxygen atoms in total. The van der Waals surface area contributed by atoms with Gasteiger partial charge in [-0.1, -0.05) is 17.7 Å². The summed E-state index contributed by atoms with van der Waals surface area (Å²) in [5.41, 5.74) is 6.20. The van der Waals surface area contributed by atoms with E-state index in [9.17, 15) is 9.59 Å². The molecule has 5 heteroatoms. The maximum absolute atomic E-state index is 11.9. The Morgan fingerprint density at radius 1 is 1.24 bits per heavy atom. The third-order valence-electron chi connectivity index (χ3n) is 2.39. The topological polar surface area (TPSA) is 78.0 Å². The predicted octanol–water partition coefficient (Wildman–Crippen LogP) is 0.640. The number of amides is 1. The molecule has 0 aliphatic carbocycles. The number of aryl methyl sites for hydroxylation is 1. The summed E-state index contributed by atoms with van der Waals surface area (Å²) in [7, 11) is 0. The molecule has 0 aliphatic rings. The highest BCUT2D eigenvalue weighted by molar-refractivity contribution is 5.92. The van der Waals surface area contributed by atoms with Crippen molar-refractivity contribution in [2.24, 2.45) is 5.73 Å². The molecule has 0 radical (unpaired) electrons. The average Bonchev–Trinajstić information content (AvgIpc) is 2.30. The molecule has 0 aliphatic heterocycles. The van der Waals surface area contributed by atoms with Gasteiger partial charge in [-0.3, -0.25) is 9.59 Å². The van der Waals surface area contributed by atoms with E-state index in [2.05, 4.69) is 5.10 Å². The number of nitrogens with two attached hydrogens (primary N) is 1. The highest BCUT2D eigenvalue weighted by atomic mass is 16.2. The zero-order valence-corrected chi connectivity index (χ0v) is 9.25. The number of rotatable bonds is 2. The second-order valence-electron chi connectivity index (χ2n) is 3.66. The fourth-order valence-electron chi connectivity index (χ4n) is 1.47. The van der Waals surface area contributed by atoms with E-state index in [0.717, 1.165) is 10.2 Å². The Morgan fingerprint density at radius 3 is 2.47 bits per heavy atom. The maximum Gasteiger partial charge on any atom is 0.284 e. The number of hydrogen-bond donors (Lipinski definition) is 1. The first-order valence-corrected chi connectivity index (χ1v) is 5.05. The molecule has 1 aromatic heterocycles. The zero-order valence-electron chi connectivity index (χ0n) is 9.25. The van der Waals surface area contributed by atoms with Gasteiger partial charge in [-0.25, -0.2) is 0 Å². The van der Waals surface area contributed by atoms with E-state index >= 15 is 0 Å². The number of aromatic nitrogens is 2. The number of primary amides is 1. The van der Waals surface area contributed by atoms with Crippen molar-refractivity contribution in [1.82, 2.24) is 9.78 Å². The van der Waals surface area contributed by atoms with Crippen molar-refractivity contribution in [1.29, 1.82) is 0 Å².